The van der Waals surface area contributed by atoms with E-state index in [0.717, 1.165) is 32.7 Å². The van der Waals surface area contributed by atoms with Gasteiger partial charge in [0, 0.05) is 18.2 Å². The Bertz CT molecular complexity index is 652. The van der Waals surface area contributed by atoms with E-state index in [9.17, 15) is 0 Å². The van der Waals surface area contributed by atoms with Crippen LogP contribution in [0.25, 0.3) is 11.1 Å². The number of fused-ring (bicyclic) bond motifs is 1. The summed E-state index contributed by atoms with van der Waals surface area (Å²) in [5, 5.41) is 4.18. The molecule has 0 unspecified atom stereocenters. The topological polar surface area (TPSA) is 62.3 Å². The van der Waals surface area contributed by atoms with Gasteiger partial charge in [0.05, 0.1) is 10.7 Å². The Morgan fingerprint density at radius 3 is 2.58 bits per heavy atom. The molecule has 3 rings (SSSR count). The van der Waals surface area contributed by atoms with Crippen LogP contribution >= 0.6 is 15.9 Å². The van der Waals surface area contributed by atoms with Crippen LogP contribution in [0.5, 0.6) is 11.5 Å². The van der Waals surface area contributed by atoms with Gasteiger partial charge in [-0.3, -0.25) is 4.68 Å². The van der Waals surface area contributed by atoms with E-state index >= 15 is 0 Å². The first-order chi connectivity index (χ1) is 9.09. The van der Waals surface area contributed by atoms with Crippen LogP contribution < -0.4 is 15.2 Å². The number of anilines is 1. The second-order valence-corrected chi connectivity index (χ2v) is 5.31. The van der Waals surface area contributed by atoms with Gasteiger partial charge < -0.3 is 15.2 Å². The molecule has 0 spiro atoms. The van der Waals surface area contributed by atoms with E-state index < -0.39 is 0 Å². The average molecular weight is 324 g/mol. The minimum atomic E-state index is 0.562. The fourth-order valence-corrected chi connectivity index (χ4v) is 2.76. The Kier molecular flexibility index (Phi) is 2.89. The van der Waals surface area contributed by atoms with E-state index in [2.05, 4.69) is 21.0 Å². The zero-order chi connectivity index (χ0) is 13.6. The molecule has 0 amide bonds. The van der Waals surface area contributed by atoms with Gasteiger partial charge in [0.2, 0.25) is 0 Å². The van der Waals surface area contributed by atoms with Crippen LogP contribution in [0.2, 0.25) is 0 Å². The number of ether oxygens (including phenoxy) is 2. The summed E-state index contributed by atoms with van der Waals surface area (Å²) >= 11 is 3.52. The number of aromatic nitrogens is 2. The molecular weight excluding hydrogens is 310 g/mol. The fourth-order valence-electron chi connectivity index (χ4n) is 2.23. The third kappa shape index (κ3) is 1.87. The van der Waals surface area contributed by atoms with Gasteiger partial charge in [-0.2, -0.15) is 5.10 Å². The van der Waals surface area contributed by atoms with Crippen molar-refractivity contribution in [3.05, 3.63) is 22.3 Å². The molecule has 19 heavy (non-hydrogen) atoms. The van der Waals surface area contributed by atoms with E-state index in [1.165, 1.54) is 0 Å². The molecule has 100 valence electrons. The van der Waals surface area contributed by atoms with E-state index in [1.807, 2.05) is 20.0 Å². The summed E-state index contributed by atoms with van der Waals surface area (Å²) < 4.78 is 13.9. The average Bonchev–Trinajstić information content (AvgIpc) is 2.75. The van der Waals surface area contributed by atoms with Crippen molar-refractivity contribution in [2.75, 3.05) is 18.9 Å². The van der Waals surface area contributed by atoms with Gasteiger partial charge >= 0.3 is 0 Å². The van der Waals surface area contributed by atoms with E-state index in [0.29, 0.717) is 19.0 Å². The predicted molar refractivity (Wildman–Crippen MR) is 76.5 cm³/mol. The van der Waals surface area contributed by atoms with Crippen molar-refractivity contribution in [1.29, 1.82) is 0 Å². The first-order valence-electron chi connectivity index (χ1n) is 5.96. The van der Waals surface area contributed by atoms with Gasteiger partial charge in [-0.1, -0.05) is 0 Å². The molecule has 1 aromatic carbocycles. The standard InChI is InChI=1S/C13H14BrN3O2/c1-7-8(9-6-16-17(2)13(9)15)5-10(14)12-11(7)18-3-4-19-12/h5-6H,3-4,15H2,1-2H3. The molecule has 0 saturated carbocycles. The molecule has 0 radical (unpaired) electrons. The van der Waals surface area contributed by atoms with Crippen molar-refractivity contribution in [3.63, 3.8) is 0 Å². The van der Waals surface area contributed by atoms with Crippen molar-refractivity contribution in [1.82, 2.24) is 9.78 Å². The van der Waals surface area contributed by atoms with Crippen LogP contribution in [0.15, 0.2) is 16.7 Å². The Morgan fingerprint density at radius 2 is 1.95 bits per heavy atom. The number of hydrogen-bond acceptors (Lipinski definition) is 4. The third-order valence-electron chi connectivity index (χ3n) is 3.29. The van der Waals surface area contributed by atoms with Gasteiger partial charge in [-0.15, -0.1) is 0 Å². The molecular formula is C13H14BrN3O2. The molecule has 2 aromatic rings. The lowest BCUT2D eigenvalue weighted by Crippen LogP contribution is -2.16. The Morgan fingerprint density at radius 1 is 1.26 bits per heavy atom. The predicted octanol–water partition coefficient (Wildman–Crippen LogP) is 2.51. The van der Waals surface area contributed by atoms with Crippen molar-refractivity contribution < 1.29 is 9.47 Å². The van der Waals surface area contributed by atoms with Gasteiger partial charge in [-0.05, 0) is 34.5 Å². The van der Waals surface area contributed by atoms with Crippen molar-refractivity contribution >= 4 is 21.7 Å². The number of halogens is 1. The summed E-state index contributed by atoms with van der Waals surface area (Å²) in [6.45, 7) is 3.13. The second-order valence-electron chi connectivity index (χ2n) is 4.45. The minimum Gasteiger partial charge on any atom is -0.486 e. The highest BCUT2D eigenvalue weighted by Gasteiger charge is 2.22. The summed E-state index contributed by atoms with van der Waals surface area (Å²) in [7, 11) is 1.82. The van der Waals surface area contributed by atoms with E-state index in [1.54, 1.807) is 10.9 Å². The quantitative estimate of drug-likeness (QED) is 0.875. The SMILES string of the molecule is Cc1c(-c2cnn(C)c2N)cc(Br)c2c1OCCO2. The molecule has 0 aliphatic carbocycles. The molecule has 2 heterocycles. The summed E-state index contributed by atoms with van der Waals surface area (Å²) in [5.74, 6) is 2.17. The zero-order valence-electron chi connectivity index (χ0n) is 10.7. The van der Waals surface area contributed by atoms with Crippen LogP contribution in [0.3, 0.4) is 0 Å². The van der Waals surface area contributed by atoms with Gasteiger partial charge in [0.25, 0.3) is 0 Å². The fraction of sp³-hybridized carbons (Fsp3) is 0.308. The lowest BCUT2D eigenvalue weighted by atomic mass is 10.0. The lowest BCUT2D eigenvalue weighted by Gasteiger charge is -2.23. The minimum absolute atomic E-state index is 0.562. The maximum atomic E-state index is 6.04. The van der Waals surface area contributed by atoms with Crippen LogP contribution in [0, 0.1) is 6.92 Å². The number of nitrogens with two attached hydrogens (primary N) is 1. The number of aryl methyl sites for hydroxylation is 1. The van der Waals surface area contributed by atoms with Crippen molar-refractivity contribution in [2.24, 2.45) is 7.05 Å². The number of benzene rings is 1. The Balaban J connectivity index is 2.23. The first-order valence-corrected chi connectivity index (χ1v) is 6.75. The summed E-state index contributed by atoms with van der Waals surface area (Å²) in [5.41, 5.74) is 8.96. The normalized spacial score (nSPS) is 13.6. The molecule has 5 nitrogen and oxygen atoms in total. The van der Waals surface area contributed by atoms with Gasteiger partial charge in [0.1, 0.15) is 19.0 Å². The number of nitrogen functional groups attached to an aromatic ring is 1. The van der Waals surface area contributed by atoms with Gasteiger partial charge in [0.15, 0.2) is 11.5 Å². The Labute approximate surface area is 119 Å². The molecule has 1 aliphatic rings. The summed E-state index contributed by atoms with van der Waals surface area (Å²) in [6, 6.07) is 2.00. The second kappa shape index (κ2) is 4.45. The first kappa shape index (κ1) is 12.3. The van der Waals surface area contributed by atoms with E-state index in [-0.39, 0.29) is 0 Å². The van der Waals surface area contributed by atoms with Crippen LogP contribution in [0.4, 0.5) is 5.82 Å². The summed E-state index contributed by atoms with van der Waals surface area (Å²) in [6.07, 6.45) is 1.76. The van der Waals surface area contributed by atoms with Crippen molar-refractivity contribution in [2.45, 2.75) is 6.92 Å². The lowest BCUT2D eigenvalue weighted by molar-refractivity contribution is 0.169. The van der Waals surface area contributed by atoms with Crippen LogP contribution in [-0.2, 0) is 7.05 Å². The molecule has 1 aromatic heterocycles. The zero-order valence-corrected chi connectivity index (χ0v) is 12.3. The van der Waals surface area contributed by atoms with Gasteiger partial charge in [-0.25, -0.2) is 0 Å². The monoisotopic (exact) mass is 323 g/mol. The molecule has 0 fully saturated rings. The summed E-state index contributed by atoms with van der Waals surface area (Å²) in [4.78, 5) is 0. The number of rotatable bonds is 1. The van der Waals surface area contributed by atoms with Crippen LogP contribution in [-0.4, -0.2) is 23.0 Å². The number of nitrogens with zero attached hydrogens (tertiary/aromatic N) is 2. The maximum absolute atomic E-state index is 6.04. The molecule has 2 N–H and O–H groups in total. The highest BCUT2D eigenvalue weighted by atomic mass is 79.9. The van der Waals surface area contributed by atoms with Crippen molar-refractivity contribution in [3.8, 4) is 22.6 Å². The molecule has 6 heteroatoms. The molecule has 0 saturated heterocycles. The maximum Gasteiger partial charge on any atom is 0.175 e. The highest BCUT2D eigenvalue weighted by molar-refractivity contribution is 9.10. The molecule has 0 atom stereocenters. The van der Waals surface area contributed by atoms with E-state index in [4.69, 9.17) is 15.2 Å². The van der Waals surface area contributed by atoms with Crippen LogP contribution in [0.1, 0.15) is 5.56 Å². The number of hydrogen-bond donors (Lipinski definition) is 1. The molecule has 1 aliphatic heterocycles. The highest BCUT2D eigenvalue weighted by Crippen LogP contribution is 2.45. The third-order valence-corrected chi connectivity index (χ3v) is 3.88. The largest absolute Gasteiger partial charge is 0.486 e. The Hall–Kier alpha value is -1.69. The smallest absolute Gasteiger partial charge is 0.175 e. The molecule has 0 bridgehead atoms.